The van der Waals surface area contributed by atoms with Gasteiger partial charge in [0.15, 0.2) is 16.6 Å². The van der Waals surface area contributed by atoms with Gasteiger partial charge < -0.3 is 13.0 Å². The van der Waals surface area contributed by atoms with Gasteiger partial charge in [-0.15, -0.1) is 0 Å². The van der Waals surface area contributed by atoms with Crippen molar-refractivity contribution in [3.05, 3.63) is 101 Å². The van der Waals surface area contributed by atoms with Gasteiger partial charge in [-0.3, -0.25) is 0 Å². The fourth-order valence-corrected chi connectivity index (χ4v) is 15.0. The summed E-state index contributed by atoms with van der Waals surface area (Å²) >= 11 is 0. The van der Waals surface area contributed by atoms with Crippen molar-refractivity contribution in [2.24, 2.45) is 0 Å². The Balaban J connectivity index is 2.26. The van der Waals surface area contributed by atoms with Crippen LogP contribution in [0.1, 0.15) is 11.1 Å². The molecule has 0 unspecified atom stereocenters. The van der Waals surface area contributed by atoms with Crippen molar-refractivity contribution in [3.63, 3.8) is 0 Å². The van der Waals surface area contributed by atoms with Gasteiger partial charge >= 0.3 is 14.5 Å². The van der Waals surface area contributed by atoms with Crippen molar-refractivity contribution in [2.75, 3.05) is 6.61 Å². The molecule has 0 N–H and O–H groups in total. The second-order valence-corrected chi connectivity index (χ2v) is 23.2. The fraction of sp³-hybridized carbons (Fsp3) is 0.286. The molecule has 0 radical (unpaired) electrons. The van der Waals surface area contributed by atoms with Crippen LogP contribution >= 0.6 is 0 Å². The molecule has 190 valence electrons. The summed E-state index contributed by atoms with van der Waals surface area (Å²) in [5, 5.41) is 10.3. The predicted octanol–water partition coefficient (Wildman–Crippen LogP) is 6.98. The Morgan fingerprint density at radius 3 is 1.67 bits per heavy atom. The Bertz CT molecular complexity index is 1100. The van der Waals surface area contributed by atoms with Gasteiger partial charge in [0, 0.05) is 5.20 Å². The minimum absolute atomic E-state index is 0.0521. The molecule has 0 aliphatic carbocycles. The molecule has 0 saturated heterocycles. The van der Waals surface area contributed by atoms with E-state index in [1.54, 1.807) is 6.08 Å². The van der Waals surface area contributed by atoms with Crippen LogP contribution in [-0.2, 0) is 17.8 Å². The number of esters is 1. The number of ether oxygens (including phenoxy) is 1. The molecular weight excluding hydrogens is 499 g/mol. The number of rotatable bonds is 11. The molecular formula is C28H37NO4Si3. The Hall–Kier alpha value is -2.81. The summed E-state index contributed by atoms with van der Waals surface area (Å²) in [6.45, 7) is 18.7. The Morgan fingerprint density at radius 2 is 1.28 bits per heavy atom. The van der Waals surface area contributed by atoms with Gasteiger partial charge in [0.2, 0.25) is 0 Å². The van der Waals surface area contributed by atoms with Crippen molar-refractivity contribution in [2.45, 2.75) is 45.8 Å². The second-order valence-electron chi connectivity index (χ2n) is 10.6. The molecule has 0 aliphatic rings. The maximum Gasteiger partial charge on any atom is 0.349 e. The van der Waals surface area contributed by atoms with Crippen LogP contribution in [0.5, 0.6) is 0 Å². The molecule has 0 fully saturated rings. The third-order valence-electron chi connectivity index (χ3n) is 4.95. The van der Waals surface area contributed by atoms with Crippen LogP contribution < -0.4 is 0 Å². The standard InChI is InChI=1S/C28H37NO4Si3/c1-23(36(8,32-34(2,3)4)33-35(5,6)7)22-31-28(30)26(21-29)19-20-27(24-15-11-9-12-16-24)25-17-13-10-14-18-25/h9-20H,1,22H2,2-8H3. The van der Waals surface area contributed by atoms with E-state index in [4.69, 9.17) is 13.0 Å². The van der Waals surface area contributed by atoms with E-state index in [9.17, 15) is 10.1 Å². The van der Waals surface area contributed by atoms with Crippen molar-refractivity contribution in [1.29, 1.82) is 5.26 Å². The van der Waals surface area contributed by atoms with E-state index in [2.05, 4.69) is 45.9 Å². The third kappa shape index (κ3) is 9.33. The van der Waals surface area contributed by atoms with Crippen LogP contribution in [0, 0.1) is 11.3 Å². The number of hydrogen-bond donors (Lipinski definition) is 0. The molecule has 2 aromatic carbocycles. The highest BCUT2D eigenvalue weighted by molar-refractivity contribution is 6.91. The Kier molecular flexibility index (Phi) is 10.2. The molecule has 0 amide bonds. The molecule has 2 aromatic rings. The molecule has 0 spiro atoms. The summed E-state index contributed by atoms with van der Waals surface area (Å²) in [5.41, 5.74) is 2.77. The molecule has 5 nitrogen and oxygen atoms in total. The Labute approximate surface area is 219 Å². The number of hydrogen-bond acceptors (Lipinski definition) is 5. The van der Waals surface area contributed by atoms with Gasteiger partial charge in [0.1, 0.15) is 18.2 Å². The first-order valence-electron chi connectivity index (χ1n) is 11.9. The van der Waals surface area contributed by atoms with Crippen molar-refractivity contribution in [1.82, 2.24) is 0 Å². The van der Waals surface area contributed by atoms with Crippen molar-refractivity contribution >= 4 is 36.7 Å². The quantitative estimate of drug-likeness (QED) is 0.102. The van der Waals surface area contributed by atoms with E-state index < -0.39 is 31.2 Å². The molecule has 0 heterocycles. The van der Waals surface area contributed by atoms with Crippen LogP contribution in [0.3, 0.4) is 0 Å². The summed E-state index contributed by atoms with van der Waals surface area (Å²) in [5.74, 6) is -0.701. The number of allylic oxidation sites excluding steroid dienone is 2. The average Bonchev–Trinajstić information content (AvgIpc) is 2.79. The van der Waals surface area contributed by atoms with Gasteiger partial charge in [-0.1, -0.05) is 73.3 Å². The zero-order chi connectivity index (χ0) is 27.0. The molecule has 8 heteroatoms. The number of nitrogens with zero attached hydrogens (tertiary/aromatic N) is 1. The number of carbonyl (C=O) groups is 1. The number of benzene rings is 2. The summed E-state index contributed by atoms with van der Waals surface area (Å²) in [6, 6.07) is 21.6. The number of carbonyl (C=O) groups excluding carboxylic acids is 1. The highest BCUT2D eigenvalue weighted by atomic mass is 28.5. The summed E-state index contributed by atoms with van der Waals surface area (Å²) in [4.78, 5) is 12.8. The molecule has 0 aromatic heterocycles. The number of nitriles is 1. The SMILES string of the molecule is C=C(COC(=O)C(C#N)=CC=C(c1ccccc1)c1ccccc1)[Si](C)(O[Si](C)(C)C)O[Si](C)(C)C. The first-order valence-corrected chi connectivity index (χ1v) is 21.1. The predicted molar refractivity (Wildman–Crippen MR) is 154 cm³/mol. The lowest BCUT2D eigenvalue weighted by Crippen LogP contribution is -2.54. The van der Waals surface area contributed by atoms with E-state index in [0.717, 1.165) is 16.7 Å². The molecule has 0 atom stereocenters. The maximum atomic E-state index is 12.8. The maximum absolute atomic E-state index is 12.8. The van der Waals surface area contributed by atoms with E-state index in [1.807, 2.05) is 73.3 Å². The van der Waals surface area contributed by atoms with E-state index in [0.29, 0.717) is 5.20 Å². The van der Waals surface area contributed by atoms with E-state index >= 15 is 0 Å². The first kappa shape index (κ1) is 29.4. The molecule has 2 rings (SSSR count). The van der Waals surface area contributed by atoms with Crippen LogP contribution in [0.25, 0.3) is 5.57 Å². The lowest BCUT2D eigenvalue weighted by atomic mass is 9.97. The minimum Gasteiger partial charge on any atom is -0.457 e. The third-order valence-corrected chi connectivity index (χ3v) is 14.4. The van der Waals surface area contributed by atoms with Gasteiger partial charge in [-0.05, 0) is 68.6 Å². The van der Waals surface area contributed by atoms with E-state index in [-0.39, 0.29) is 12.2 Å². The first-order chi connectivity index (χ1) is 16.7. The van der Waals surface area contributed by atoms with E-state index in [1.165, 1.54) is 6.08 Å². The second kappa shape index (κ2) is 12.4. The Morgan fingerprint density at radius 1 is 0.833 bits per heavy atom. The van der Waals surface area contributed by atoms with Gasteiger partial charge in [-0.2, -0.15) is 5.26 Å². The highest BCUT2D eigenvalue weighted by Gasteiger charge is 2.43. The molecule has 0 saturated carbocycles. The zero-order valence-electron chi connectivity index (χ0n) is 22.4. The van der Waals surface area contributed by atoms with Gasteiger partial charge in [-0.25, -0.2) is 4.79 Å². The molecule has 0 bridgehead atoms. The fourth-order valence-electron chi connectivity index (χ4n) is 3.61. The van der Waals surface area contributed by atoms with Crippen LogP contribution in [0.4, 0.5) is 0 Å². The van der Waals surface area contributed by atoms with Gasteiger partial charge in [0.05, 0.1) is 0 Å². The van der Waals surface area contributed by atoms with Crippen LogP contribution in [0.15, 0.2) is 90.2 Å². The van der Waals surface area contributed by atoms with Crippen molar-refractivity contribution in [3.8, 4) is 6.07 Å². The average molecular weight is 536 g/mol. The normalized spacial score (nSPS) is 12.4. The summed E-state index contributed by atoms with van der Waals surface area (Å²) < 4.78 is 18.5. The highest BCUT2D eigenvalue weighted by Crippen LogP contribution is 2.27. The smallest absolute Gasteiger partial charge is 0.349 e. The van der Waals surface area contributed by atoms with Gasteiger partial charge in [0.25, 0.3) is 0 Å². The summed E-state index contributed by atoms with van der Waals surface area (Å²) in [7, 11) is -6.71. The lowest BCUT2D eigenvalue weighted by Gasteiger charge is -2.39. The topological polar surface area (TPSA) is 68.6 Å². The van der Waals surface area contributed by atoms with Crippen molar-refractivity contribution < 1.29 is 17.8 Å². The molecule has 36 heavy (non-hydrogen) atoms. The largest absolute Gasteiger partial charge is 0.457 e. The minimum atomic E-state index is -2.82. The monoisotopic (exact) mass is 535 g/mol. The van der Waals surface area contributed by atoms with Crippen LogP contribution in [0.2, 0.25) is 45.8 Å². The lowest BCUT2D eigenvalue weighted by molar-refractivity contribution is -0.137. The molecule has 0 aliphatic heterocycles. The summed E-state index contributed by atoms with van der Waals surface area (Å²) in [6.07, 6.45) is 3.29. The zero-order valence-corrected chi connectivity index (χ0v) is 25.4. The van der Waals surface area contributed by atoms with Crippen LogP contribution in [-0.4, -0.2) is 37.8 Å².